The molecule has 0 aromatic rings. The van der Waals surface area contributed by atoms with E-state index in [4.69, 9.17) is 0 Å². The second-order valence-corrected chi connectivity index (χ2v) is 7.07. The van der Waals surface area contributed by atoms with Crippen LogP contribution in [0.5, 0.6) is 0 Å². The molecular formula is C14H28. The van der Waals surface area contributed by atoms with Crippen LogP contribution in [0.15, 0.2) is 12.2 Å². The van der Waals surface area contributed by atoms with E-state index in [-0.39, 0.29) is 0 Å². The first kappa shape index (κ1) is 13.7. The molecule has 0 heterocycles. The van der Waals surface area contributed by atoms with E-state index in [2.05, 4.69) is 55.0 Å². The lowest BCUT2D eigenvalue weighted by Gasteiger charge is -2.31. The van der Waals surface area contributed by atoms with E-state index in [0.717, 1.165) is 0 Å². The molecule has 0 atom stereocenters. The molecule has 0 radical (unpaired) electrons. The first-order chi connectivity index (χ1) is 6.01. The van der Waals surface area contributed by atoms with Crippen LogP contribution >= 0.6 is 0 Å². The Morgan fingerprint density at radius 2 is 1.21 bits per heavy atom. The number of hydrogen-bond donors (Lipinski definition) is 0. The van der Waals surface area contributed by atoms with Gasteiger partial charge in [-0.25, -0.2) is 0 Å². The van der Waals surface area contributed by atoms with Gasteiger partial charge < -0.3 is 0 Å². The van der Waals surface area contributed by atoms with E-state index in [0.29, 0.717) is 16.7 Å². The van der Waals surface area contributed by atoms with Crippen molar-refractivity contribution in [3.05, 3.63) is 12.2 Å². The van der Waals surface area contributed by atoms with Gasteiger partial charge in [0.15, 0.2) is 0 Å². The number of allylic oxidation sites excluding steroid dienone is 1. The minimum atomic E-state index is 0.412. The summed E-state index contributed by atoms with van der Waals surface area (Å²) in [5.74, 6) is 0.676. The molecular weight excluding hydrogens is 168 g/mol. The monoisotopic (exact) mass is 196 g/mol. The summed E-state index contributed by atoms with van der Waals surface area (Å²) in [6, 6.07) is 0. The van der Waals surface area contributed by atoms with Crippen LogP contribution in [-0.4, -0.2) is 0 Å². The van der Waals surface area contributed by atoms with Crippen molar-refractivity contribution in [2.45, 2.75) is 61.3 Å². The van der Waals surface area contributed by atoms with Gasteiger partial charge in [0, 0.05) is 0 Å². The lowest BCUT2D eigenvalue weighted by molar-refractivity contribution is 0.245. The van der Waals surface area contributed by atoms with E-state index >= 15 is 0 Å². The van der Waals surface area contributed by atoms with Crippen molar-refractivity contribution in [1.29, 1.82) is 0 Å². The topological polar surface area (TPSA) is 0 Å². The van der Waals surface area contributed by atoms with Crippen LogP contribution in [0.4, 0.5) is 0 Å². The summed E-state index contributed by atoms with van der Waals surface area (Å²) in [5, 5.41) is 0. The molecule has 0 saturated carbocycles. The van der Waals surface area contributed by atoms with Gasteiger partial charge in [-0.3, -0.25) is 0 Å². The number of rotatable bonds is 3. The molecule has 0 amide bonds. The quantitative estimate of drug-likeness (QED) is 0.554. The van der Waals surface area contributed by atoms with Crippen molar-refractivity contribution in [2.75, 3.05) is 0 Å². The normalized spacial score (nSPS) is 13.4. The van der Waals surface area contributed by atoms with Gasteiger partial charge in [0.2, 0.25) is 0 Å². The zero-order valence-corrected chi connectivity index (χ0v) is 11.2. The minimum Gasteiger partial charge on any atom is -0.0999 e. The summed E-state index contributed by atoms with van der Waals surface area (Å²) < 4.78 is 0. The lowest BCUT2D eigenvalue weighted by atomic mass is 9.74. The van der Waals surface area contributed by atoms with Crippen LogP contribution in [-0.2, 0) is 0 Å². The fraction of sp³-hybridized carbons (Fsp3) is 0.857. The molecule has 0 heteroatoms. The van der Waals surface area contributed by atoms with Crippen molar-refractivity contribution >= 4 is 0 Å². The molecule has 0 bridgehead atoms. The van der Waals surface area contributed by atoms with Gasteiger partial charge in [-0.05, 0) is 36.5 Å². The fourth-order valence-corrected chi connectivity index (χ4v) is 1.90. The van der Waals surface area contributed by atoms with Gasteiger partial charge in [-0.1, -0.05) is 53.7 Å². The van der Waals surface area contributed by atoms with Gasteiger partial charge in [-0.15, -0.1) is 0 Å². The van der Waals surface area contributed by atoms with Gasteiger partial charge in [0.1, 0.15) is 0 Å². The second kappa shape index (κ2) is 4.51. The zero-order valence-electron chi connectivity index (χ0n) is 11.2. The van der Waals surface area contributed by atoms with E-state index in [1.807, 2.05) is 0 Å². The minimum absolute atomic E-state index is 0.412. The molecule has 0 spiro atoms. The van der Waals surface area contributed by atoms with Gasteiger partial charge in [0.25, 0.3) is 0 Å². The maximum Gasteiger partial charge on any atom is -0.0199 e. The van der Waals surface area contributed by atoms with Crippen LogP contribution in [0.25, 0.3) is 0 Å². The zero-order chi connectivity index (χ0) is 11.6. The molecule has 0 saturated heterocycles. The van der Waals surface area contributed by atoms with Gasteiger partial charge >= 0.3 is 0 Å². The van der Waals surface area contributed by atoms with Gasteiger partial charge in [0.05, 0.1) is 0 Å². The van der Waals surface area contributed by atoms with Crippen molar-refractivity contribution in [1.82, 2.24) is 0 Å². The van der Waals surface area contributed by atoms with E-state index < -0.39 is 0 Å². The summed E-state index contributed by atoms with van der Waals surface area (Å²) in [4.78, 5) is 0. The highest BCUT2D eigenvalue weighted by Gasteiger charge is 2.24. The Bertz CT molecular complexity index is 169. The third-order valence-electron chi connectivity index (χ3n) is 2.41. The molecule has 0 nitrogen and oxygen atoms in total. The molecule has 0 aromatic heterocycles. The average molecular weight is 196 g/mol. The molecule has 0 unspecified atom stereocenters. The third-order valence-corrected chi connectivity index (χ3v) is 2.41. The lowest BCUT2D eigenvalue weighted by Crippen LogP contribution is -2.19. The fourth-order valence-electron chi connectivity index (χ4n) is 1.90. The van der Waals surface area contributed by atoms with Crippen LogP contribution in [0.1, 0.15) is 61.3 Å². The Morgan fingerprint density at radius 3 is 1.36 bits per heavy atom. The predicted molar refractivity (Wildman–Crippen MR) is 66.4 cm³/mol. The molecule has 0 aromatic carbocycles. The molecule has 0 aliphatic rings. The molecule has 0 N–H and O–H groups in total. The number of hydrogen-bond acceptors (Lipinski definition) is 0. The van der Waals surface area contributed by atoms with Crippen LogP contribution < -0.4 is 0 Å². The Kier molecular flexibility index (Phi) is 4.42. The summed E-state index contributed by atoms with van der Waals surface area (Å²) in [7, 11) is 0. The van der Waals surface area contributed by atoms with Crippen molar-refractivity contribution in [2.24, 2.45) is 16.7 Å². The maximum absolute atomic E-state index is 4.12. The van der Waals surface area contributed by atoms with Gasteiger partial charge in [-0.2, -0.15) is 0 Å². The largest absolute Gasteiger partial charge is 0.0999 e. The Morgan fingerprint density at radius 1 is 0.929 bits per heavy atom. The first-order valence-electron chi connectivity index (χ1n) is 5.67. The highest BCUT2D eigenvalue weighted by molar-refractivity contribution is 4.98. The van der Waals surface area contributed by atoms with Crippen molar-refractivity contribution in [3.63, 3.8) is 0 Å². The van der Waals surface area contributed by atoms with E-state index in [9.17, 15) is 0 Å². The van der Waals surface area contributed by atoms with E-state index in [1.54, 1.807) is 0 Å². The third kappa shape index (κ3) is 7.17. The first-order valence-corrected chi connectivity index (χ1v) is 5.67. The van der Waals surface area contributed by atoms with Crippen molar-refractivity contribution < 1.29 is 0 Å². The molecule has 14 heavy (non-hydrogen) atoms. The van der Waals surface area contributed by atoms with Crippen molar-refractivity contribution in [3.8, 4) is 0 Å². The molecule has 0 fully saturated rings. The highest BCUT2D eigenvalue weighted by atomic mass is 14.3. The summed E-state index contributed by atoms with van der Waals surface area (Å²) in [6.45, 7) is 20.2. The highest BCUT2D eigenvalue weighted by Crippen LogP contribution is 2.36. The summed E-state index contributed by atoms with van der Waals surface area (Å²) in [6.07, 6.45) is 2.50. The average Bonchev–Trinajstić information content (AvgIpc) is 1.78. The maximum atomic E-state index is 4.12. The molecule has 84 valence electrons. The summed E-state index contributed by atoms with van der Waals surface area (Å²) >= 11 is 0. The SMILES string of the molecule is C=C(C)C(CC(C)(C)C)CC(C)(C)C. The second-order valence-electron chi connectivity index (χ2n) is 7.07. The van der Waals surface area contributed by atoms with E-state index in [1.165, 1.54) is 18.4 Å². The molecule has 0 aliphatic carbocycles. The molecule has 0 rings (SSSR count). The van der Waals surface area contributed by atoms with Crippen LogP contribution in [0.2, 0.25) is 0 Å². The van der Waals surface area contributed by atoms with Crippen LogP contribution in [0, 0.1) is 16.7 Å². The predicted octanol–water partition coefficient (Wildman–Crippen LogP) is 5.05. The Hall–Kier alpha value is -0.260. The smallest absolute Gasteiger partial charge is 0.0199 e. The Balaban J connectivity index is 4.40. The standard InChI is InChI=1S/C14H28/c1-11(2)12(9-13(3,4)5)10-14(6,7)8/h12H,1,9-10H2,2-8H3. The summed E-state index contributed by atoms with van der Waals surface area (Å²) in [5.41, 5.74) is 2.17. The van der Waals surface area contributed by atoms with Crippen LogP contribution in [0.3, 0.4) is 0 Å². The molecule has 0 aliphatic heterocycles. The Labute approximate surface area is 90.8 Å².